The van der Waals surface area contributed by atoms with E-state index in [0.717, 1.165) is 18.7 Å². The molecule has 2 saturated carbocycles. The SMILES string of the molecule is Nc1ccnc(C23CC2(CO)C3)n1. The van der Waals surface area contributed by atoms with Gasteiger partial charge < -0.3 is 10.8 Å². The third-order valence-corrected chi connectivity index (χ3v) is 3.45. The minimum atomic E-state index is 0.0944. The maximum atomic E-state index is 9.12. The van der Waals surface area contributed by atoms with Crippen molar-refractivity contribution < 1.29 is 5.11 Å². The molecule has 1 heterocycles. The highest BCUT2D eigenvalue weighted by Gasteiger charge is 2.85. The van der Waals surface area contributed by atoms with Gasteiger partial charge in [0.25, 0.3) is 0 Å². The van der Waals surface area contributed by atoms with Gasteiger partial charge in [-0.3, -0.25) is 0 Å². The van der Waals surface area contributed by atoms with Gasteiger partial charge >= 0.3 is 0 Å². The van der Waals surface area contributed by atoms with Crippen LogP contribution >= 0.6 is 0 Å². The minimum absolute atomic E-state index is 0.0944. The third-order valence-electron chi connectivity index (χ3n) is 3.45. The normalized spacial score (nSPS) is 39.8. The Balaban J connectivity index is 1.97. The fraction of sp³-hybridized carbons (Fsp3) is 0.556. The summed E-state index contributed by atoms with van der Waals surface area (Å²) in [5.74, 6) is 1.34. The van der Waals surface area contributed by atoms with Gasteiger partial charge in [0.1, 0.15) is 11.6 Å². The molecule has 0 bridgehead atoms. The van der Waals surface area contributed by atoms with Crippen LogP contribution in [0.3, 0.4) is 0 Å². The van der Waals surface area contributed by atoms with E-state index in [1.54, 1.807) is 12.3 Å². The van der Waals surface area contributed by atoms with Crippen LogP contribution < -0.4 is 5.73 Å². The number of aromatic nitrogens is 2. The predicted molar refractivity (Wildman–Crippen MR) is 46.9 cm³/mol. The fourth-order valence-corrected chi connectivity index (χ4v) is 2.28. The number of anilines is 1. The number of nitrogens with two attached hydrogens (primary N) is 1. The van der Waals surface area contributed by atoms with Gasteiger partial charge in [-0.15, -0.1) is 0 Å². The van der Waals surface area contributed by atoms with E-state index in [-0.39, 0.29) is 17.4 Å². The van der Waals surface area contributed by atoms with Crippen LogP contribution in [0.2, 0.25) is 0 Å². The van der Waals surface area contributed by atoms with E-state index in [4.69, 9.17) is 10.8 Å². The average Bonchev–Trinajstić information content (AvgIpc) is 2.89. The summed E-state index contributed by atoms with van der Waals surface area (Å²) in [5, 5.41) is 9.12. The molecular weight excluding hydrogens is 166 g/mol. The number of aliphatic hydroxyl groups excluding tert-OH is 1. The van der Waals surface area contributed by atoms with Crippen LogP contribution in [0.25, 0.3) is 0 Å². The molecule has 1 aromatic rings. The fourth-order valence-electron chi connectivity index (χ4n) is 2.28. The van der Waals surface area contributed by atoms with Crippen LogP contribution in [0.1, 0.15) is 18.7 Å². The predicted octanol–water partition coefficient (Wildman–Crippen LogP) is 0.0827. The molecule has 1 aromatic heterocycles. The topological polar surface area (TPSA) is 72.0 Å². The maximum Gasteiger partial charge on any atom is 0.137 e. The van der Waals surface area contributed by atoms with Crippen LogP contribution in [0, 0.1) is 5.41 Å². The summed E-state index contributed by atoms with van der Waals surface area (Å²) in [6.45, 7) is 0.255. The zero-order valence-corrected chi connectivity index (χ0v) is 7.20. The minimum Gasteiger partial charge on any atom is -0.396 e. The van der Waals surface area contributed by atoms with Crippen LogP contribution in [0.4, 0.5) is 5.82 Å². The van der Waals surface area contributed by atoms with Crippen molar-refractivity contribution >= 4 is 5.82 Å². The van der Waals surface area contributed by atoms with E-state index in [1.807, 2.05) is 0 Å². The lowest BCUT2D eigenvalue weighted by Crippen LogP contribution is -2.03. The second-order valence-electron chi connectivity index (χ2n) is 4.18. The lowest BCUT2D eigenvalue weighted by molar-refractivity contribution is 0.246. The molecule has 0 spiro atoms. The molecule has 0 atom stereocenters. The third kappa shape index (κ3) is 0.698. The first kappa shape index (κ1) is 7.26. The quantitative estimate of drug-likeness (QED) is 0.671. The number of hydrogen-bond acceptors (Lipinski definition) is 4. The van der Waals surface area contributed by atoms with Gasteiger partial charge in [0.05, 0.1) is 0 Å². The summed E-state index contributed by atoms with van der Waals surface area (Å²) < 4.78 is 0. The zero-order chi connectivity index (χ0) is 9.10. The monoisotopic (exact) mass is 177 g/mol. The van der Waals surface area contributed by atoms with Gasteiger partial charge in [0.2, 0.25) is 0 Å². The van der Waals surface area contributed by atoms with Crippen molar-refractivity contribution in [3.63, 3.8) is 0 Å². The molecule has 4 nitrogen and oxygen atoms in total. The molecular formula is C9H11N3O. The molecule has 0 radical (unpaired) electrons. The molecule has 0 unspecified atom stereocenters. The Hall–Kier alpha value is -1.16. The first-order valence-corrected chi connectivity index (χ1v) is 4.42. The lowest BCUT2D eigenvalue weighted by atomic mass is 10.2. The maximum absolute atomic E-state index is 9.12. The Kier molecular flexibility index (Phi) is 1.03. The number of fused-ring (bicyclic) bond motifs is 1. The number of nitrogens with zero attached hydrogens (tertiary/aromatic N) is 2. The highest BCUT2D eigenvalue weighted by molar-refractivity contribution is 5.45. The second-order valence-corrected chi connectivity index (χ2v) is 4.18. The van der Waals surface area contributed by atoms with Gasteiger partial charge in [0, 0.05) is 23.6 Å². The molecule has 0 saturated heterocycles. The van der Waals surface area contributed by atoms with E-state index in [9.17, 15) is 0 Å². The molecule has 0 amide bonds. The van der Waals surface area contributed by atoms with E-state index in [0.29, 0.717) is 5.82 Å². The summed E-state index contributed by atoms with van der Waals surface area (Å²) in [6, 6.07) is 1.69. The van der Waals surface area contributed by atoms with Crippen molar-refractivity contribution in [2.24, 2.45) is 5.41 Å². The van der Waals surface area contributed by atoms with Gasteiger partial charge in [-0.25, -0.2) is 9.97 Å². The molecule has 68 valence electrons. The molecule has 0 aromatic carbocycles. The summed E-state index contributed by atoms with van der Waals surface area (Å²) in [4.78, 5) is 8.40. The highest BCUT2D eigenvalue weighted by Crippen LogP contribution is 2.84. The number of hydrogen-bond donors (Lipinski definition) is 2. The Labute approximate surface area is 75.8 Å². The molecule has 0 aliphatic heterocycles. The van der Waals surface area contributed by atoms with Crippen molar-refractivity contribution in [2.45, 2.75) is 18.3 Å². The van der Waals surface area contributed by atoms with Crippen molar-refractivity contribution in [1.29, 1.82) is 0 Å². The summed E-state index contributed by atoms with van der Waals surface area (Å²) >= 11 is 0. The smallest absolute Gasteiger partial charge is 0.137 e. The van der Waals surface area contributed by atoms with Crippen LogP contribution in [0.15, 0.2) is 12.3 Å². The zero-order valence-electron chi connectivity index (χ0n) is 7.20. The van der Waals surface area contributed by atoms with Crippen molar-refractivity contribution in [3.8, 4) is 0 Å². The summed E-state index contributed by atoms with van der Waals surface area (Å²) in [6.07, 6.45) is 3.74. The van der Waals surface area contributed by atoms with Crippen molar-refractivity contribution in [1.82, 2.24) is 9.97 Å². The second kappa shape index (κ2) is 1.85. The number of nitrogen functional groups attached to an aromatic ring is 1. The molecule has 3 rings (SSSR count). The first-order valence-electron chi connectivity index (χ1n) is 4.42. The highest BCUT2D eigenvalue weighted by atomic mass is 16.3. The molecule has 2 fully saturated rings. The van der Waals surface area contributed by atoms with Crippen molar-refractivity contribution in [2.75, 3.05) is 12.3 Å². The molecule has 4 heteroatoms. The van der Waals surface area contributed by atoms with Crippen molar-refractivity contribution in [3.05, 3.63) is 18.1 Å². The van der Waals surface area contributed by atoms with Gasteiger partial charge in [-0.1, -0.05) is 0 Å². The van der Waals surface area contributed by atoms with Crippen LogP contribution in [0.5, 0.6) is 0 Å². The van der Waals surface area contributed by atoms with Crippen LogP contribution in [-0.4, -0.2) is 21.7 Å². The Bertz CT molecular complexity index is 371. The van der Waals surface area contributed by atoms with E-state index < -0.39 is 0 Å². The van der Waals surface area contributed by atoms with Gasteiger partial charge in [-0.05, 0) is 18.9 Å². The average molecular weight is 177 g/mol. The lowest BCUT2D eigenvalue weighted by Gasteiger charge is -2.00. The summed E-state index contributed by atoms with van der Waals surface area (Å²) in [5.41, 5.74) is 5.79. The number of rotatable bonds is 2. The van der Waals surface area contributed by atoms with Gasteiger partial charge in [0.15, 0.2) is 0 Å². The molecule has 3 N–H and O–H groups in total. The first-order chi connectivity index (χ1) is 6.22. The van der Waals surface area contributed by atoms with E-state index >= 15 is 0 Å². The Morgan fingerprint density at radius 1 is 1.54 bits per heavy atom. The Morgan fingerprint density at radius 3 is 2.85 bits per heavy atom. The van der Waals surface area contributed by atoms with E-state index in [2.05, 4.69) is 9.97 Å². The molecule has 13 heavy (non-hydrogen) atoms. The van der Waals surface area contributed by atoms with Gasteiger partial charge in [-0.2, -0.15) is 0 Å². The molecule has 2 aliphatic rings. The largest absolute Gasteiger partial charge is 0.396 e. The van der Waals surface area contributed by atoms with Crippen LogP contribution in [-0.2, 0) is 5.41 Å². The molecule has 2 aliphatic carbocycles. The standard InChI is InChI=1S/C9H11N3O/c10-6-1-2-11-7(12-6)9-3-8(9,4-9)5-13/h1-2,13H,3-5H2,(H2,10,11,12). The number of aliphatic hydroxyl groups is 1. The van der Waals surface area contributed by atoms with E-state index in [1.165, 1.54) is 0 Å². The Morgan fingerprint density at radius 2 is 2.31 bits per heavy atom. The summed E-state index contributed by atoms with van der Waals surface area (Å²) in [7, 11) is 0.